The summed E-state index contributed by atoms with van der Waals surface area (Å²) < 4.78 is 27.2. The molecule has 25 heavy (non-hydrogen) atoms. The first-order chi connectivity index (χ1) is 11.6. The van der Waals surface area contributed by atoms with Gasteiger partial charge in [0.25, 0.3) is 5.91 Å². The van der Waals surface area contributed by atoms with Gasteiger partial charge >= 0.3 is 0 Å². The zero-order chi connectivity index (χ0) is 17.0. The number of benzene rings is 1. The molecule has 9 heteroatoms. The minimum absolute atomic E-state index is 0. The molecule has 0 saturated carbocycles. The molecule has 1 aliphatic heterocycles. The van der Waals surface area contributed by atoms with Gasteiger partial charge in [0.05, 0.1) is 4.90 Å². The highest BCUT2D eigenvalue weighted by atomic mass is 35.5. The number of thiophene rings is 1. The molecule has 0 spiro atoms. The maximum Gasteiger partial charge on any atom is 0.253 e. The van der Waals surface area contributed by atoms with Crippen molar-refractivity contribution >= 4 is 39.7 Å². The molecule has 2 aromatic rings. The van der Waals surface area contributed by atoms with E-state index in [0.717, 1.165) is 18.0 Å². The normalized spacial score (nSPS) is 14.8. The first-order valence-corrected chi connectivity index (χ1v) is 10.0. The molecule has 1 aromatic heterocycles. The van der Waals surface area contributed by atoms with Crippen LogP contribution in [0.15, 0.2) is 46.7 Å². The molecule has 6 nitrogen and oxygen atoms in total. The van der Waals surface area contributed by atoms with Crippen LogP contribution in [0, 0.1) is 0 Å². The van der Waals surface area contributed by atoms with Gasteiger partial charge < -0.3 is 10.2 Å². The average molecular weight is 402 g/mol. The lowest BCUT2D eigenvalue weighted by atomic mass is 10.2. The summed E-state index contributed by atoms with van der Waals surface area (Å²) in [5, 5.41) is 5.10. The van der Waals surface area contributed by atoms with Crippen LogP contribution in [0.3, 0.4) is 0 Å². The van der Waals surface area contributed by atoms with E-state index in [4.69, 9.17) is 0 Å². The van der Waals surface area contributed by atoms with Crippen molar-refractivity contribution < 1.29 is 13.2 Å². The van der Waals surface area contributed by atoms with Crippen molar-refractivity contribution in [2.75, 3.05) is 26.2 Å². The summed E-state index contributed by atoms with van der Waals surface area (Å²) >= 11 is 1.50. The van der Waals surface area contributed by atoms with Crippen LogP contribution in [0.2, 0.25) is 0 Å². The number of halogens is 1. The smallest absolute Gasteiger partial charge is 0.253 e. The first kappa shape index (κ1) is 19.9. The SMILES string of the molecule is Cl.O=C(c1ccc(S(=O)(=O)NCc2cccs2)cc1)N1CCNCC1. The Balaban J connectivity index is 0.00000225. The Bertz CT molecular complexity index is 787. The predicted octanol–water partition coefficient (Wildman–Crippen LogP) is 1.69. The monoisotopic (exact) mass is 401 g/mol. The molecule has 1 aliphatic rings. The van der Waals surface area contributed by atoms with Crippen molar-refractivity contribution in [1.82, 2.24) is 14.9 Å². The highest BCUT2D eigenvalue weighted by Gasteiger charge is 2.19. The zero-order valence-electron chi connectivity index (χ0n) is 13.5. The molecule has 2 N–H and O–H groups in total. The molecule has 1 fully saturated rings. The molecule has 136 valence electrons. The molecule has 3 rings (SSSR count). The standard InChI is InChI=1S/C16H19N3O3S2.ClH/c20-16(19-9-7-17-8-10-19)13-3-5-15(6-4-13)24(21,22)18-12-14-2-1-11-23-14;/h1-6,11,17-18H,7-10,12H2;1H. The van der Waals surface area contributed by atoms with Gasteiger partial charge in [-0.05, 0) is 35.7 Å². The number of nitrogens with one attached hydrogen (secondary N) is 2. The van der Waals surface area contributed by atoms with Gasteiger partial charge in [-0.3, -0.25) is 4.79 Å². The summed E-state index contributed by atoms with van der Waals surface area (Å²) in [5.41, 5.74) is 0.508. The maximum atomic E-state index is 12.4. The minimum Gasteiger partial charge on any atom is -0.336 e. The predicted molar refractivity (Wildman–Crippen MR) is 101 cm³/mol. The summed E-state index contributed by atoms with van der Waals surface area (Å²) in [4.78, 5) is 15.3. The number of amides is 1. The van der Waals surface area contributed by atoms with Gasteiger partial charge in [-0.15, -0.1) is 23.7 Å². The highest BCUT2D eigenvalue weighted by molar-refractivity contribution is 7.89. The van der Waals surface area contributed by atoms with Crippen LogP contribution in [0.4, 0.5) is 0 Å². The van der Waals surface area contributed by atoms with Gasteiger partial charge in [0, 0.05) is 43.2 Å². The molecule has 2 heterocycles. The summed E-state index contributed by atoms with van der Waals surface area (Å²) in [6, 6.07) is 9.86. The largest absolute Gasteiger partial charge is 0.336 e. The Labute approximate surface area is 157 Å². The van der Waals surface area contributed by atoms with E-state index in [-0.39, 0.29) is 29.8 Å². The lowest BCUT2D eigenvalue weighted by Gasteiger charge is -2.27. The van der Waals surface area contributed by atoms with Crippen LogP contribution in [0.25, 0.3) is 0 Å². The Morgan fingerprint density at radius 3 is 2.44 bits per heavy atom. The molecule has 0 atom stereocenters. The van der Waals surface area contributed by atoms with Gasteiger partial charge in [-0.2, -0.15) is 0 Å². The van der Waals surface area contributed by atoms with E-state index in [1.165, 1.54) is 23.5 Å². The second-order valence-corrected chi connectivity index (χ2v) is 8.27. The number of carbonyl (C=O) groups is 1. The maximum absolute atomic E-state index is 12.4. The first-order valence-electron chi connectivity index (χ1n) is 7.68. The van der Waals surface area contributed by atoms with E-state index in [2.05, 4.69) is 10.0 Å². The number of hydrogen-bond acceptors (Lipinski definition) is 5. The number of piperazine rings is 1. The van der Waals surface area contributed by atoms with E-state index < -0.39 is 10.0 Å². The number of sulfonamides is 1. The van der Waals surface area contributed by atoms with Crippen molar-refractivity contribution in [1.29, 1.82) is 0 Å². The van der Waals surface area contributed by atoms with Gasteiger partial charge in [-0.25, -0.2) is 13.1 Å². The van der Waals surface area contributed by atoms with E-state index in [0.29, 0.717) is 18.7 Å². The van der Waals surface area contributed by atoms with Crippen molar-refractivity contribution in [3.63, 3.8) is 0 Å². The second kappa shape index (κ2) is 8.77. The summed E-state index contributed by atoms with van der Waals surface area (Å²) in [7, 11) is -3.58. The van der Waals surface area contributed by atoms with Gasteiger partial charge in [0.2, 0.25) is 10.0 Å². The molecule has 0 aliphatic carbocycles. The fourth-order valence-corrected chi connectivity index (χ4v) is 4.23. The van der Waals surface area contributed by atoms with Crippen LogP contribution >= 0.6 is 23.7 Å². The van der Waals surface area contributed by atoms with Crippen LogP contribution in [-0.4, -0.2) is 45.4 Å². The Kier molecular flexibility index (Phi) is 6.97. The van der Waals surface area contributed by atoms with Crippen molar-refractivity contribution in [2.24, 2.45) is 0 Å². The van der Waals surface area contributed by atoms with Crippen LogP contribution < -0.4 is 10.0 Å². The fourth-order valence-electron chi connectivity index (χ4n) is 2.49. The van der Waals surface area contributed by atoms with Crippen LogP contribution in [0.5, 0.6) is 0 Å². The lowest BCUT2D eigenvalue weighted by molar-refractivity contribution is 0.0735. The van der Waals surface area contributed by atoms with E-state index >= 15 is 0 Å². The second-order valence-electron chi connectivity index (χ2n) is 5.47. The number of hydrogen-bond donors (Lipinski definition) is 2. The topological polar surface area (TPSA) is 78.5 Å². The highest BCUT2D eigenvalue weighted by Crippen LogP contribution is 2.14. The molecular weight excluding hydrogens is 382 g/mol. The molecule has 0 radical (unpaired) electrons. The molecule has 0 bridgehead atoms. The Morgan fingerprint density at radius 1 is 1.16 bits per heavy atom. The average Bonchev–Trinajstić information content (AvgIpc) is 3.14. The number of nitrogens with zero attached hydrogens (tertiary/aromatic N) is 1. The Morgan fingerprint density at radius 2 is 1.84 bits per heavy atom. The summed E-state index contributed by atoms with van der Waals surface area (Å²) in [6.45, 7) is 3.17. The van der Waals surface area contributed by atoms with E-state index in [1.807, 2.05) is 17.5 Å². The zero-order valence-corrected chi connectivity index (χ0v) is 15.9. The minimum atomic E-state index is -3.58. The third-order valence-corrected chi connectivity index (χ3v) is 6.13. The third-order valence-electron chi connectivity index (χ3n) is 3.83. The van der Waals surface area contributed by atoms with E-state index in [9.17, 15) is 13.2 Å². The van der Waals surface area contributed by atoms with Crippen molar-refractivity contribution in [3.8, 4) is 0 Å². The van der Waals surface area contributed by atoms with Gasteiger partial charge in [0.1, 0.15) is 0 Å². The fraction of sp³-hybridized carbons (Fsp3) is 0.312. The Hall–Kier alpha value is -1.45. The van der Waals surface area contributed by atoms with Crippen molar-refractivity contribution in [2.45, 2.75) is 11.4 Å². The van der Waals surface area contributed by atoms with Crippen molar-refractivity contribution in [3.05, 3.63) is 52.2 Å². The molecular formula is C16H20ClN3O3S2. The van der Waals surface area contributed by atoms with Gasteiger partial charge in [0.15, 0.2) is 0 Å². The van der Waals surface area contributed by atoms with E-state index in [1.54, 1.807) is 17.0 Å². The molecule has 1 aromatic carbocycles. The number of rotatable bonds is 5. The van der Waals surface area contributed by atoms with Crippen LogP contribution in [0.1, 0.15) is 15.2 Å². The summed E-state index contributed by atoms with van der Waals surface area (Å²) in [5.74, 6) is -0.0630. The third kappa shape index (κ3) is 5.02. The lowest BCUT2D eigenvalue weighted by Crippen LogP contribution is -2.46. The molecule has 1 saturated heterocycles. The number of carbonyl (C=O) groups excluding carboxylic acids is 1. The molecule has 0 unspecified atom stereocenters. The van der Waals surface area contributed by atoms with Crippen LogP contribution in [-0.2, 0) is 16.6 Å². The quantitative estimate of drug-likeness (QED) is 0.799. The molecule has 1 amide bonds. The van der Waals surface area contributed by atoms with Gasteiger partial charge in [-0.1, -0.05) is 6.07 Å². The summed E-state index contributed by atoms with van der Waals surface area (Å²) in [6.07, 6.45) is 0.